The lowest BCUT2D eigenvalue weighted by atomic mass is 10.0. The van der Waals surface area contributed by atoms with Crippen LogP contribution in [0.15, 0.2) is 72.8 Å². The highest BCUT2D eigenvalue weighted by Crippen LogP contribution is 2.30. The molecule has 0 atom stereocenters. The smallest absolute Gasteiger partial charge is 0.336 e. The third kappa shape index (κ3) is 4.04. The average molecular weight is 373 g/mol. The summed E-state index contributed by atoms with van der Waals surface area (Å²) in [5.74, 6) is -0.720. The molecule has 3 aromatic rings. The molecule has 5 nitrogen and oxygen atoms in total. The maximum Gasteiger partial charge on any atom is 0.336 e. The molecule has 3 aromatic carbocycles. The van der Waals surface area contributed by atoms with Crippen molar-refractivity contribution in [1.82, 2.24) is 0 Å². The van der Waals surface area contributed by atoms with Crippen LogP contribution >= 0.6 is 0 Å². The summed E-state index contributed by atoms with van der Waals surface area (Å²) in [6.45, 7) is 0. The highest BCUT2D eigenvalue weighted by atomic mass is 16.5. The van der Waals surface area contributed by atoms with Gasteiger partial charge in [-0.25, -0.2) is 4.79 Å². The second-order valence-corrected chi connectivity index (χ2v) is 6.73. The van der Waals surface area contributed by atoms with Crippen LogP contribution in [0.3, 0.4) is 0 Å². The number of hydrogen-bond donors (Lipinski definition) is 2. The van der Waals surface area contributed by atoms with Gasteiger partial charge in [0.15, 0.2) is 0 Å². The second-order valence-electron chi connectivity index (χ2n) is 6.73. The van der Waals surface area contributed by atoms with E-state index < -0.39 is 11.9 Å². The third-order valence-electron chi connectivity index (χ3n) is 4.54. The first-order valence-corrected chi connectivity index (χ1v) is 9.11. The number of carboxylic acids is 1. The summed E-state index contributed by atoms with van der Waals surface area (Å²) in [5.41, 5.74) is 2.74. The zero-order chi connectivity index (χ0) is 19.5. The zero-order valence-corrected chi connectivity index (χ0v) is 15.1. The normalized spacial score (nSPS) is 13.0. The van der Waals surface area contributed by atoms with Gasteiger partial charge in [-0.15, -0.1) is 0 Å². The summed E-state index contributed by atoms with van der Waals surface area (Å²) in [6.07, 6.45) is 2.58. The Kier molecular flexibility index (Phi) is 4.81. The molecule has 2 N–H and O–H groups in total. The Morgan fingerprint density at radius 1 is 0.857 bits per heavy atom. The molecule has 0 saturated heterocycles. The van der Waals surface area contributed by atoms with Crippen molar-refractivity contribution >= 4 is 17.6 Å². The number of amides is 1. The van der Waals surface area contributed by atoms with Crippen molar-refractivity contribution in [3.05, 3.63) is 83.9 Å². The van der Waals surface area contributed by atoms with Crippen molar-refractivity contribution in [2.75, 3.05) is 5.32 Å². The number of aromatic carboxylic acids is 1. The maximum atomic E-state index is 12.5. The van der Waals surface area contributed by atoms with Crippen LogP contribution in [0.25, 0.3) is 11.1 Å². The van der Waals surface area contributed by atoms with Crippen LogP contribution in [0.4, 0.5) is 5.69 Å². The largest absolute Gasteiger partial charge is 0.490 e. The van der Waals surface area contributed by atoms with Crippen LogP contribution in [-0.4, -0.2) is 23.1 Å². The Labute approximate surface area is 162 Å². The number of carbonyl (C=O) groups excluding carboxylic acids is 1. The van der Waals surface area contributed by atoms with Crippen LogP contribution in [0, 0.1) is 0 Å². The molecule has 0 spiro atoms. The number of anilines is 1. The molecule has 0 aliphatic heterocycles. The lowest BCUT2D eigenvalue weighted by Gasteiger charge is -2.10. The molecule has 0 bridgehead atoms. The summed E-state index contributed by atoms with van der Waals surface area (Å²) in [4.78, 5) is 23.7. The Morgan fingerprint density at radius 3 is 2.25 bits per heavy atom. The fraction of sp³-hybridized carbons (Fsp3) is 0.130. The minimum absolute atomic E-state index is 0.0240. The standard InChI is InChI=1S/C23H19NO4/c25-22(20-6-1-2-7-21(20)23(26)27)24-17-10-8-15(9-11-17)16-4-3-5-19(14-16)28-18-12-13-18/h1-11,14,18H,12-13H2,(H,24,25)(H,26,27). The number of benzene rings is 3. The number of ether oxygens (including phenoxy) is 1. The van der Waals surface area contributed by atoms with Crippen LogP contribution in [-0.2, 0) is 0 Å². The van der Waals surface area contributed by atoms with E-state index in [1.807, 2.05) is 36.4 Å². The van der Waals surface area contributed by atoms with E-state index in [0.29, 0.717) is 11.8 Å². The van der Waals surface area contributed by atoms with Gasteiger partial charge in [0.25, 0.3) is 5.91 Å². The van der Waals surface area contributed by atoms with Crippen LogP contribution < -0.4 is 10.1 Å². The molecule has 1 fully saturated rings. The van der Waals surface area contributed by atoms with E-state index in [0.717, 1.165) is 29.7 Å². The lowest BCUT2D eigenvalue weighted by Crippen LogP contribution is -2.16. The molecule has 1 saturated carbocycles. The molecule has 4 rings (SSSR count). The number of nitrogens with one attached hydrogen (secondary N) is 1. The van der Waals surface area contributed by atoms with E-state index in [-0.39, 0.29) is 11.1 Å². The highest BCUT2D eigenvalue weighted by molar-refractivity contribution is 6.10. The summed E-state index contributed by atoms with van der Waals surface area (Å²) in [6, 6.07) is 21.5. The van der Waals surface area contributed by atoms with Gasteiger partial charge >= 0.3 is 5.97 Å². The SMILES string of the molecule is O=C(O)c1ccccc1C(=O)Nc1ccc(-c2cccc(OC3CC3)c2)cc1. The maximum absolute atomic E-state index is 12.5. The van der Waals surface area contributed by atoms with Crippen molar-refractivity contribution in [3.8, 4) is 16.9 Å². The van der Waals surface area contributed by atoms with E-state index in [1.54, 1.807) is 24.3 Å². The number of carbonyl (C=O) groups is 2. The Balaban J connectivity index is 1.49. The average Bonchev–Trinajstić information content (AvgIpc) is 3.52. The first-order chi connectivity index (χ1) is 13.6. The Bertz CT molecular complexity index is 1020. The highest BCUT2D eigenvalue weighted by Gasteiger charge is 2.23. The van der Waals surface area contributed by atoms with E-state index >= 15 is 0 Å². The van der Waals surface area contributed by atoms with Gasteiger partial charge < -0.3 is 15.2 Å². The summed E-state index contributed by atoms with van der Waals surface area (Å²) < 4.78 is 5.84. The molecule has 0 radical (unpaired) electrons. The van der Waals surface area contributed by atoms with Gasteiger partial charge in [-0.3, -0.25) is 4.79 Å². The first-order valence-electron chi connectivity index (χ1n) is 9.11. The molecule has 140 valence electrons. The van der Waals surface area contributed by atoms with Gasteiger partial charge in [0, 0.05) is 5.69 Å². The minimum Gasteiger partial charge on any atom is -0.490 e. The number of hydrogen-bond acceptors (Lipinski definition) is 3. The molecule has 0 aromatic heterocycles. The molecular weight excluding hydrogens is 354 g/mol. The molecular formula is C23H19NO4. The fourth-order valence-corrected chi connectivity index (χ4v) is 2.94. The van der Waals surface area contributed by atoms with E-state index in [2.05, 4.69) is 5.32 Å². The topological polar surface area (TPSA) is 75.6 Å². The summed E-state index contributed by atoms with van der Waals surface area (Å²) >= 11 is 0. The van der Waals surface area contributed by atoms with Gasteiger partial charge in [-0.2, -0.15) is 0 Å². The first kappa shape index (κ1) is 17.8. The zero-order valence-electron chi connectivity index (χ0n) is 15.1. The van der Waals surface area contributed by atoms with Crippen molar-refractivity contribution < 1.29 is 19.4 Å². The molecule has 0 heterocycles. The van der Waals surface area contributed by atoms with Crippen LogP contribution in [0.5, 0.6) is 5.75 Å². The lowest BCUT2D eigenvalue weighted by molar-refractivity contribution is 0.0692. The van der Waals surface area contributed by atoms with E-state index in [9.17, 15) is 14.7 Å². The monoisotopic (exact) mass is 373 g/mol. The van der Waals surface area contributed by atoms with Crippen molar-refractivity contribution in [3.63, 3.8) is 0 Å². The van der Waals surface area contributed by atoms with Crippen LogP contribution in [0.1, 0.15) is 33.6 Å². The van der Waals surface area contributed by atoms with Gasteiger partial charge in [0.1, 0.15) is 5.75 Å². The molecule has 0 unspecified atom stereocenters. The molecule has 5 heteroatoms. The van der Waals surface area contributed by atoms with Crippen molar-refractivity contribution in [2.45, 2.75) is 18.9 Å². The number of rotatable bonds is 6. The summed E-state index contributed by atoms with van der Waals surface area (Å²) in [7, 11) is 0. The number of carboxylic acid groups (broad SMARTS) is 1. The van der Waals surface area contributed by atoms with Gasteiger partial charge in [-0.05, 0) is 60.4 Å². The third-order valence-corrected chi connectivity index (χ3v) is 4.54. The predicted octanol–water partition coefficient (Wildman–Crippen LogP) is 4.85. The molecule has 1 aliphatic rings. The molecule has 28 heavy (non-hydrogen) atoms. The minimum atomic E-state index is -1.13. The van der Waals surface area contributed by atoms with E-state index in [4.69, 9.17) is 4.74 Å². The van der Waals surface area contributed by atoms with Gasteiger partial charge in [0.2, 0.25) is 0 Å². The van der Waals surface area contributed by atoms with E-state index in [1.165, 1.54) is 12.1 Å². The van der Waals surface area contributed by atoms with Crippen molar-refractivity contribution in [2.24, 2.45) is 0 Å². The van der Waals surface area contributed by atoms with Crippen molar-refractivity contribution in [1.29, 1.82) is 0 Å². The van der Waals surface area contributed by atoms with Gasteiger partial charge in [0.05, 0.1) is 17.2 Å². The fourth-order valence-electron chi connectivity index (χ4n) is 2.94. The summed E-state index contributed by atoms with van der Waals surface area (Å²) in [5, 5.41) is 12.0. The van der Waals surface area contributed by atoms with Crippen LogP contribution in [0.2, 0.25) is 0 Å². The molecule has 1 amide bonds. The Morgan fingerprint density at radius 2 is 1.57 bits per heavy atom. The molecule has 1 aliphatic carbocycles. The second kappa shape index (κ2) is 7.56. The Hall–Kier alpha value is -3.60. The quantitative estimate of drug-likeness (QED) is 0.648. The predicted molar refractivity (Wildman–Crippen MR) is 107 cm³/mol. The van der Waals surface area contributed by atoms with Gasteiger partial charge in [-0.1, -0.05) is 36.4 Å².